The van der Waals surface area contributed by atoms with E-state index in [0.717, 1.165) is 32.0 Å². The van der Waals surface area contributed by atoms with E-state index in [-0.39, 0.29) is 6.10 Å². The number of rotatable bonds is 6. The van der Waals surface area contributed by atoms with Crippen molar-refractivity contribution < 1.29 is 5.11 Å². The first kappa shape index (κ1) is 12.3. The SMILES string of the molecule is CCN(CCNC1CCCCC1O)C1CC1. The highest BCUT2D eigenvalue weighted by molar-refractivity contribution is 4.85. The molecule has 3 heteroatoms. The highest BCUT2D eigenvalue weighted by Crippen LogP contribution is 2.26. The van der Waals surface area contributed by atoms with Crippen LogP contribution in [0.1, 0.15) is 45.4 Å². The van der Waals surface area contributed by atoms with E-state index in [2.05, 4.69) is 17.1 Å². The van der Waals surface area contributed by atoms with Gasteiger partial charge in [0, 0.05) is 25.2 Å². The Kier molecular flexibility index (Phi) is 4.62. The lowest BCUT2D eigenvalue weighted by molar-refractivity contribution is 0.0892. The molecule has 0 saturated heterocycles. The Balaban J connectivity index is 1.62. The summed E-state index contributed by atoms with van der Waals surface area (Å²) in [6.07, 6.45) is 7.27. The van der Waals surface area contributed by atoms with Crippen molar-refractivity contribution >= 4 is 0 Å². The minimum absolute atomic E-state index is 0.107. The van der Waals surface area contributed by atoms with Gasteiger partial charge in [0.05, 0.1) is 6.10 Å². The number of aliphatic hydroxyl groups is 1. The van der Waals surface area contributed by atoms with Crippen molar-refractivity contribution in [1.82, 2.24) is 10.2 Å². The number of aliphatic hydroxyl groups excluding tert-OH is 1. The summed E-state index contributed by atoms with van der Waals surface area (Å²) in [6, 6.07) is 1.22. The molecule has 0 bridgehead atoms. The van der Waals surface area contributed by atoms with E-state index in [9.17, 15) is 5.11 Å². The maximum absolute atomic E-state index is 9.84. The van der Waals surface area contributed by atoms with Gasteiger partial charge in [-0.15, -0.1) is 0 Å². The third-order valence-electron chi connectivity index (χ3n) is 4.00. The van der Waals surface area contributed by atoms with E-state index in [1.807, 2.05) is 0 Å². The average molecular weight is 226 g/mol. The van der Waals surface area contributed by atoms with Crippen LogP contribution in [0.5, 0.6) is 0 Å². The molecule has 2 N–H and O–H groups in total. The molecule has 16 heavy (non-hydrogen) atoms. The summed E-state index contributed by atoms with van der Waals surface area (Å²) in [5, 5.41) is 13.4. The molecule has 2 rings (SSSR count). The lowest BCUT2D eigenvalue weighted by atomic mass is 9.93. The molecule has 2 unspecified atom stereocenters. The van der Waals surface area contributed by atoms with Gasteiger partial charge in [0.25, 0.3) is 0 Å². The van der Waals surface area contributed by atoms with Crippen LogP contribution >= 0.6 is 0 Å². The predicted molar refractivity (Wildman–Crippen MR) is 66.5 cm³/mol. The summed E-state index contributed by atoms with van der Waals surface area (Å²) in [4.78, 5) is 2.56. The summed E-state index contributed by atoms with van der Waals surface area (Å²) in [7, 11) is 0. The van der Waals surface area contributed by atoms with Crippen molar-refractivity contribution in [3.63, 3.8) is 0 Å². The molecule has 2 aliphatic rings. The first-order valence-electron chi connectivity index (χ1n) is 6.96. The van der Waals surface area contributed by atoms with E-state index in [0.29, 0.717) is 6.04 Å². The van der Waals surface area contributed by atoms with Crippen LogP contribution < -0.4 is 5.32 Å². The number of nitrogens with one attached hydrogen (secondary N) is 1. The van der Waals surface area contributed by atoms with Crippen molar-refractivity contribution in [3.05, 3.63) is 0 Å². The molecule has 0 aliphatic heterocycles. The summed E-state index contributed by atoms with van der Waals surface area (Å²) >= 11 is 0. The minimum Gasteiger partial charge on any atom is -0.392 e. The van der Waals surface area contributed by atoms with Crippen LogP contribution in [-0.4, -0.2) is 47.8 Å². The average Bonchev–Trinajstić information content (AvgIpc) is 3.11. The van der Waals surface area contributed by atoms with E-state index < -0.39 is 0 Å². The quantitative estimate of drug-likeness (QED) is 0.718. The van der Waals surface area contributed by atoms with Gasteiger partial charge in [0.2, 0.25) is 0 Å². The second kappa shape index (κ2) is 5.99. The molecular weight excluding hydrogens is 200 g/mol. The van der Waals surface area contributed by atoms with E-state index in [1.54, 1.807) is 0 Å². The Bertz CT molecular complexity index is 206. The lowest BCUT2D eigenvalue weighted by Gasteiger charge is -2.29. The third-order valence-corrected chi connectivity index (χ3v) is 4.00. The molecule has 2 fully saturated rings. The summed E-state index contributed by atoms with van der Waals surface area (Å²) < 4.78 is 0. The Hall–Kier alpha value is -0.120. The van der Waals surface area contributed by atoms with Gasteiger partial charge in [0.15, 0.2) is 0 Å². The zero-order chi connectivity index (χ0) is 11.4. The molecule has 0 spiro atoms. The van der Waals surface area contributed by atoms with Crippen molar-refractivity contribution in [2.45, 2.75) is 63.6 Å². The Morgan fingerprint density at radius 1 is 1.19 bits per heavy atom. The molecule has 0 aromatic rings. The number of hydrogen-bond donors (Lipinski definition) is 2. The molecule has 94 valence electrons. The number of nitrogens with zero attached hydrogens (tertiary/aromatic N) is 1. The standard InChI is InChI=1S/C13H26N2O/c1-2-15(11-7-8-11)10-9-14-12-5-3-4-6-13(12)16/h11-14,16H,2-10H2,1H3. The molecule has 2 aliphatic carbocycles. The first-order valence-corrected chi connectivity index (χ1v) is 6.96. The molecule has 0 radical (unpaired) electrons. The van der Waals surface area contributed by atoms with E-state index >= 15 is 0 Å². The molecule has 0 heterocycles. The molecule has 0 aromatic heterocycles. The Morgan fingerprint density at radius 2 is 1.94 bits per heavy atom. The smallest absolute Gasteiger partial charge is 0.0693 e. The summed E-state index contributed by atoms with van der Waals surface area (Å²) in [6.45, 7) is 5.59. The molecule has 2 atom stereocenters. The second-order valence-corrected chi connectivity index (χ2v) is 5.27. The van der Waals surface area contributed by atoms with Crippen LogP contribution in [0.3, 0.4) is 0 Å². The fourth-order valence-electron chi connectivity index (χ4n) is 2.78. The van der Waals surface area contributed by atoms with Crippen molar-refractivity contribution in [1.29, 1.82) is 0 Å². The maximum atomic E-state index is 9.84. The van der Waals surface area contributed by atoms with Crippen molar-refractivity contribution in [2.75, 3.05) is 19.6 Å². The van der Waals surface area contributed by atoms with Crippen molar-refractivity contribution in [2.24, 2.45) is 0 Å². The summed E-state index contributed by atoms with van der Waals surface area (Å²) in [5.41, 5.74) is 0. The second-order valence-electron chi connectivity index (χ2n) is 5.27. The lowest BCUT2D eigenvalue weighted by Crippen LogP contribution is -2.45. The van der Waals surface area contributed by atoms with Gasteiger partial charge in [-0.25, -0.2) is 0 Å². The van der Waals surface area contributed by atoms with Crippen LogP contribution in [0.15, 0.2) is 0 Å². The molecule has 0 amide bonds. The normalized spacial score (nSPS) is 30.9. The number of likely N-dealkylation sites (N-methyl/N-ethyl adjacent to an activating group) is 1. The largest absolute Gasteiger partial charge is 0.392 e. The Morgan fingerprint density at radius 3 is 2.56 bits per heavy atom. The van der Waals surface area contributed by atoms with Crippen LogP contribution in [0.4, 0.5) is 0 Å². The van der Waals surface area contributed by atoms with Gasteiger partial charge in [-0.2, -0.15) is 0 Å². The topological polar surface area (TPSA) is 35.5 Å². The summed E-state index contributed by atoms with van der Waals surface area (Å²) in [5.74, 6) is 0. The van der Waals surface area contributed by atoms with Gasteiger partial charge in [-0.1, -0.05) is 19.8 Å². The highest BCUT2D eigenvalue weighted by atomic mass is 16.3. The molecule has 2 saturated carbocycles. The van der Waals surface area contributed by atoms with Gasteiger partial charge in [-0.3, -0.25) is 4.90 Å². The van der Waals surface area contributed by atoms with Gasteiger partial charge in [-0.05, 0) is 32.2 Å². The fourth-order valence-corrected chi connectivity index (χ4v) is 2.78. The maximum Gasteiger partial charge on any atom is 0.0693 e. The zero-order valence-corrected chi connectivity index (χ0v) is 10.5. The minimum atomic E-state index is -0.107. The van der Waals surface area contributed by atoms with Gasteiger partial charge in [0.1, 0.15) is 0 Å². The predicted octanol–water partition coefficient (Wildman–Crippen LogP) is 1.36. The fraction of sp³-hybridized carbons (Fsp3) is 1.00. The van der Waals surface area contributed by atoms with Crippen LogP contribution in [0.25, 0.3) is 0 Å². The van der Waals surface area contributed by atoms with Crippen molar-refractivity contribution in [3.8, 4) is 0 Å². The first-order chi connectivity index (χ1) is 7.81. The zero-order valence-electron chi connectivity index (χ0n) is 10.5. The van der Waals surface area contributed by atoms with Gasteiger partial charge >= 0.3 is 0 Å². The monoisotopic (exact) mass is 226 g/mol. The molecule has 3 nitrogen and oxygen atoms in total. The van der Waals surface area contributed by atoms with Crippen LogP contribution in [0, 0.1) is 0 Å². The van der Waals surface area contributed by atoms with Gasteiger partial charge < -0.3 is 10.4 Å². The third kappa shape index (κ3) is 3.44. The van der Waals surface area contributed by atoms with Crippen LogP contribution in [-0.2, 0) is 0 Å². The molecule has 0 aromatic carbocycles. The Labute approximate surface area is 99.2 Å². The van der Waals surface area contributed by atoms with E-state index in [1.165, 1.54) is 32.2 Å². The van der Waals surface area contributed by atoms with E-state index in [4.69, 9.17) is 0 Å². The number of hydrogen-bond acceptors (Lipinski definition) is 3. The van der Waals surface area contributed by atoms with Crippen LogP contribution in [0.2, 0.25) is 0 Å². The molecular formula is C13H26N2O. The highest BCUT2D eigenvalue weighted by Gasteiger charge is 2.28.